The van der Waals surface area contributed by atoms with Crippen LogP contribution in [0.3, 0.4) is 0 Å². The Morgan fingerprint density at radius 1 is 1.06 bits per heavy atom. The molecule has 1 aromatic carbocycles. The molecule has 0 aliphatic carbocycles. The first kappa shape index (κ1) is 8.97. The van der Waals surface area contributed by atoms with Gasteiger partial charge < -0.3 is 10.7 Å². The van der Waals surface area contributed by atoms with Crippen molar-refractivity contribution < 1.29 is 0 Å². The van der Waals surface area contributed by atoms with Gasteiger partial charge in [0.25, 0.3) is 0 Å². The molecule has 0 atom stereocenters. The molecule has 0 radical (unpaired) electrons. The van der Waals surface area contributed by atoms with Gasteiger partial charge in [0, 0.05) is 22.8 Å². The highest BCUT2D eigenvalue weighted by Crippen LogP contribution is 2.25. The predicted octanol–water partition coefficient (Wildman–Crippen LogP) is 2.81. The molecule has 0 fully saturated rings. The number of H-pyrrole nitrogens is 1. The fourth-order valence-corrected chi connectivity index (χ4v) is 1.82. The Hall–Kier alpha value is -2.29. The van der Waals surface area contributed by atoms with Crippen molar-refractivity contribution in [2.24, 2.45) is 0 Å². The molecule has 78 valence electrons. The number of nitrogens with two attached hydrogens (primary N) is 1. The van der Waals surface area contributed by atoms with Crippen LogP contribution in [0.5, 0.6) is 0 Å². The summed E-state index contributed by atoms with van der Waals surface area (Å²) in [5.41, 5.74) is 9.54. The monoisotopic (exact) mass is 209 g/mol. The van der Waals surface area contributed by atoms with Crippen molar-refractivity contribution in [3.63, 3.8) is 0 Å². The Labute approximate surface area is 92.9 Å². The minimum atomic E-state index is 0.755. The van der Waals surface area contributed by atoms with E-state index in [0.717, 1.165) is 28.0 Å². The van der Waals surface area contributed by atoms with Crippen LogP contribution in [0.4, 0.5) is 5.69 Å². The molecule has 0 saturated carbocycles. The molecular formula is C13H11N3. The van der Waals surface area contributed by atoms with E-state index >= 15 is 0 Å². The molecule has 0 spiro atoms. The van der Waals surface area contributed by atoms with E-state index in [-0.39, 0.29) is 0 Å². The number of anilines is 1. The van der Waals surface area contributed by atoms with Crippen molar-refractivity contribution in [1.29, 1.82) is 0 Å². The normalized spacial score (nSPS) is 10.8. The smallest absolute Gasteiger partial charge is 0.140 e. The lowest BCUT2D eigenvalue weighted by atomic mass is 10.1. The summed E-state index contributed by atoms with van der Waals surface area (Å²) in [5.74, 6) is 0. The topological polar surface area (TPSA) is 54.7 Å². The van der Waals surface area contributed by atoms with Gasteiger partial charge in [-0.3, -0.25) is 0 Å². The standard InChI is InChI=1S/C13H11N3/c14-11-8-12(9-4-2-1-3-5-9)16-13-10(11)6-7-15-13/h1-8H,(H3,14,15,16). The lowest BCUT2D eigenvalue weighted by Gasteiger charge is -2.03. The molecule has 0 aliphatic heterocycles. The number of nitrogen functional groups attached to an aromatic ring is 1. The van der Waals surface area contributed by atoms with Gasteiger partial charge in [-0.25, -0.2) is 4.98 Å². The molecular weight excluding hydrogens is 198 g/mol. The SMILES string of the molecule is Nc1cc(-c2ccccc2)nc2[nH]ccc12. The van der Waals surface area contributed by atoms with Gasteiger partial charge in [-0.05, 0) is 12.1 Å². The molecule has 16 heavy (non-hydrogen) atoms. The lowest BCUT2D eigenvalue weighted by Crippen LogP contribution is -1.91. The van der Waals surface area contributed by atoms with Crippen LogP contribution in [-0.2, 0) is 0 Å². The summed E-state index contributed by atoms with van der Waals surface area (Å²) in [6.07, 6.45) is 1.85. The maximum atomic E-state index is 5.98. The van der Waals surface area contributed by atoms with Crippen molar-refractivity contribution in [3.8, 4) is 11.3 Å². The van der Waals surface area contributed by atoms with Crippen LogP contribution in [0.15, 0.2) is 48.7 Å². The number of hydrogen-bond donors (Lipinski definition) is 2. The first-order valence-electron chi connectivity index (χ1n) is 5.13. The molecule has 0 unspecified atom stereocenters. The number of aromatic amines is 1. The molecule has 3 nitrogen and oxygen atoms in total. The third kappa shape index (κ3) is 1.34. The highest BCUT2D eigenvalue weighted by molar-refractivity contribution is 5.90. The maximum Gasteiger partial charge on any atom is 0.140 e. The van der Waals surface area contributed by atoms with E-state index in [9.17, 15) is 0 Å². The molecule has 0 aliphatic rings. The average molecular weight is 209 g/mol. The molecule has 3 heteroatoms. The van der Waals surface area contributed by atoms with Gasteiger partial charge in [-0.15, -0.1) is 0 Å². The van der Waals surface area contributed by atoms with E-state index in [1.807, 2.05) is 48.7 Å². The minimum Gasteiger partial charge on any atom is -0.398 e. The van der Waals surface area contributed by atoms with Crippen LogP contribution in [0.1, 0.15) is 0 Å². The zero-order valence-electron chi connectivity index (χ0n) is 8.64. The number of nitrogens with one attached hydrogen (secondary N) is 1. The van der Waals surface area contributed by atoms with Crippen LogP contribution < -0.4 is 5.73 Å². The van der Waals surface area contributed by atoms with Crippen LogP contribution >= 0.6 is 0 Å². The number of nitrogens with zero attached hydrogens (tertiary/aromatic N) is 1. The highest BCUT2D eigenvalue weighted by Gasteiger charge is 2.05. The second-order valence-corrected chi connectivity index (χ2v) is 3.70. The van der Waals surface area contributed by atoms with Crippen molar-refractivity contribution in [2.45, 2.75) is 0 Å². The molecule has 3 rings (SSSR count). The number of pyridine rings is 1. The second-order valence-electron chi connectivity index (χ2n) is 3.70. The summed E-state index contributed by atoms with van der Waals surface area (Å²) < 4.78 is 0. The van der Waals surface area contributed by atoms with E-state index in [4.69, 9.17) is 5.73 Å². The van der Waals surface area contributed by atoms with Gasteiger partial charge in [-0.2, -0.15) is 0 Å². The largest absolute Gasteiger partial charge is 0.398 e. The van der Waals surface area contributed by atoms with Crippen LogP contribution in [0.2, 0.25) is 0 Å². The molecule has 0 amide bonds. The Balaban J connectivity index is 2.25. The van der Waals surface area contributed by atoms with Gasteiger partial charge in [0.2, 0.25) is 0 Å². The summed E-state index contributed by atoms with van der Waals surface area (Å²) in [5, 5.41) is 0.972. The number of benzene rings is 1. The van der Waals surface area contributed by atoms with E-state index in [0.29, 0.717) is 0 Å². The average Bonchev–Trinajstić information content (AvgIpc) is 2.79. The van der Waals surface area contributed by atoms with Crippen LogP contribution in [0.25, 0.3) is 22.3 Å². The molecule has 3 aromatic rings. The van der Waals surface area contributed by atoms with Gasteiger partial charge in [0.05, 0.1) is 5.69 Å². The Morgan fingerprint density at radius 3 is 2.69 bits per heavy atom. The third-order valence-corrected chi connectivity index (χ3v) is 2.63. The predicted molar refractivity (Wildman–Crippen MR) is 65.9 cm³/mol. The van der Waals surface area contributed by atoms with Crippen molar-refractivity contribution in [3.05, 3.63) is 48.7 Å². The number of hydrogen-bond acceptors (Lipinski definition) is 2. The Morgan fingerprint density at radius 2 is 1.88 bits per heavy atom. The van der Waals surface area contributed by atoms with E-state index < -0.39 is 0 Å². The van der Waals surface area contributed by atoms with Gasteiger partial charge in [-0.1, -0.05) is 30.3 Å². The first-order valence-corrected chi connectivity index (χ1v) is 5.13. The van der Waals surface area contributed by atoms with E-state index in [2.05, 4.69) is 9.97 Å². The van der Waals surface area contributed by atoms with Crippen molar-refractivity contribution in [1.82, 2.24) is 9.97 Å². The number of aromatic nitrogens is 2. The molecule has 2 heterocycles. The number of fused-ring (bicyclic) bond motifs is 1. The Kier molecular flexibility index (Phi) is 1.90. The van der Waals surface area contributed by atoms with Crippen molar-refractivity contribution >= 4 is 16.7 Å². The second kappa shape index (κ2) is 3.38. The highest BCUT2D eigenvalue weighted by atomic mass is 14.9. The zero-order chi connectivity index (χ0) is 11.0. The Bertz CT molecular complexity index is 626. The third-order valence-electron chi connectivity index (χ3n) is 2.63. The van der Waals surface area contributed by atoms with Gasteiger partial charge >= 0.3 is 0 Å². The van der Waals surface area contributed by atoms with E-state index in [1.54, 1.807) is 0 Å². The zero-order valence-corrected chi connectivity index (χ0v) is 8.64. The number of rotatable bonds is 1. The van der Waals surface area contributed by atoms with Gasteiger partial charge in [0.15, 0.2) is 0 Å². The lowest BCUT2D eigenvalue weighted by molar-refractivity contribution is 1.32. The summed E-state index contributed by atoms with van der Waals surface area (Å²) in [7, 11) is 0. The summed E-state index contributed by atoms with van der Waals surface area (Å²) >= 11 is 0. The molecule has 0 bridgehead atoms. The first-order chi connectivity index (χ1) is 7.84. The molecule has 0 saturated heterocycles. The van der Waals surface area contributed by atoms with Crippen molar-refractivity contribution in [2.75, 3.05) is 5.73 Å². The fourth-order valence-electron chi connectivity index (χ4n) is 1.82. The maximum absolute atomic E-state index is 5.98. The molecule has 3 N–H and O–H groups in total. The van der Waals surface area contributed by atoms with Crippen LogP contribution in [-0.4, -0.2) is 9.97 Å². The summed E-state index contributed by atoms with van der Waals surface area (Å²) in [6, 6.07) is 13.9. The van der Waals surface area contributed by atoms with Crippen LogP contribution in [0, 0.1) is 0 Å². The van der Waals surface area contributed by atoms with Gasteiger partial charge in [0.1, 0.15) is 5.65 Å². The summed E-state index contributed by atoms with van der Waals surface area (Å²) in [4.78, 5) is 7.61. The molecule has 2 aromatic heterocycles. The van der Waals surface area contributed by atoms with E-state index in [1.165, 1.54) is 0 Å². The fraction of sp³-hybridized carbons (Fsp3) is 0. The minimum absolute atomic E-state index is 0.755. The summed E-state index contributed by atoms with van der Waals surface area (Å²) in [6.45, 7) is 0. The quantitative estimate of drug-likeness (QED) is 0.647.